The number of halogens is 2. The van der Waals surface area contributed by atoms with Crippen LogP contribution >= 0.6 is 11.3 Å². The Morgan fingerprint density at radius 3 is 2.54 bits per heavy atom. The van der Waals surface area contributed by atoms with Gasteiger partial charge in [0.2, 0.25) is 5.91 Å². The van der Waals surface area contributed by atoms with E-state index in [4.69, 9.17) is 0 Å². The third kappa shape index (κ3) is 4.06. The van der Waals surface area contributed by atoms with Crippen LogP contribution < -0.4 is 5.32 Å². The Hall–Kier alpha value is -3.20. The van der Waals surface area contributed by atoms with E-state index in [2.05, 4.69) is 10.3 Å². The highest BCUT2D eigenvalue weighted by atomic mass is 32.1. The van der Waals surface area contributed by atoms with Crippen LogP contribution in [-0.4, -0.2) is 15.8 Å². The van der Waals surface area contributed by atoms with Gasteiger partial charge in [0.05, 0.1) is 17.0 Å². The summed E-state index contributed by atoms with van der Waals surface area (Å²) in [5.41, 5.74) is 1.38. The average Bonchev–Trinajstić information content (AvgIpc) is 3.06. The number of nitrogens with zero attached hydrogens (tertiary/aromatic N) is 2. The molecule has 0 unspecified atom stereocenters. The third-order valence-electron chi connectivity index (χ3n) is 3.48. The molecular formula is C17H11F2N3O3S. The molecule has 26 heavy (non-hydrogen) atoms. The Bertz CT molecular complexity index is 974. The molecule has 1 N–H and O–H groups in total. The number of rotatable bonds is 5. The molecule has 2 aromatic carbocycles. The first-order valence-electron chi connectivity index (χ1n) is 7.36. The number of non-ortho nitro benzene ring substituents is 1. The normalized spacial score (nSPS) is 10.5. The van der Waals surface area contributed by atoms with Gasteiger partial charge in [-0.05, 0) is 23.8 Å². The molecule has 0 spiro atoms. The van der Waals surface area contributed by atoms with Crippen LogP contribution in [0.3, 0.4) is 0 Å². The topological polar surface area (TPSA) is 85.1 Å². The Kier molecular flexibility index (Phi) is 4.99. The van der Waals surface area contributed by atoms with Gasteiger partial charge in [0.1, 0.15) is 0 Å². The number of hydrogen-bond acceptors (Lipinski definition) is 5. The number of benzene rings is 2. The van der Waals surface area contributed by atoms with Crippen molar-refractivity contribution in [1.29, 1.82) is 0 Å². The maximum absolute atomic E-state index is 13.3. The Morgan fingerprint density at radius 2 is 1.88 bits per heavy atom. The lowest BCUT2D eigenvalue weighted by Gasteiger charge is -2.02. The SMILES string of the molecule is O=C(Cc1ccc([N+](=O)[O-])cc1)Nc1nc(-c2ccc(F)c(F)c2)cs1. The second kappa shape index (κ2) is 7.36. The molecule has 1 amide bonds. The highest BCUT2D eigenvalue weighted by Crippen LogP contribution is 2.26. The number of carbonyl (C=O) groups excluding carboxylic acids is 1. The zero-order valence-corrected chi connectivity index (χ0v) is 13.9. The molecule has 0 bridgehead atoms. The highest BCUT2D eigenvalue weighted by molar-refractivity contribution is 7.14. The molecule has 0 atom stereocenters. The molecule has 0 radical (unpaired) electrons. The fourth-order valence-corrected chi connectivity index (χ4v) is 2.94. The number of amides is 1. The first-order chi connectivity index (χ1) is 12.4. The molecule has 132 valence electrons. The van der Waals surface area contributed by atoms with Gasteiger partial charge in [-0.1, -0.05) is 12.1 Å². The zero-order valence-electron chi connectivity index (χ0n) is 13.1. The van der Waals surface area contributed by atoms with E-state index in [0.29, 0.717) is 22.0 Å². The van der Waals surface area contributed by atoms with E-state index in [1.165, 1.54) is 30.3 Å². The summed E-state index contributed by atoms with van der Waals surface area (Å²) in [4.78, 5) is 26.3. The molecule has 0 saturated heterocycles. The summed E-state index contributed by atoms with van der Waals surface area (Å²) in [7, 11) is 0. The second-order valence-corrected chi connectivity index (χ2v) is 6.17. The van der Waals surface area contributed by atoms with Crippen LogP contribution in [0.25, 0.3) is 11.3 Å². The van der Waals surface area contributed by atoms with Crippen molar-refractivity contribution in [1.82, 2.24) is 4.98 Å². The summed E-state index contributed by atoms with van der Waals surface area (Å²) in [5.74, 6) is -2.26. The number of anilines is 1. The predicted octanol–water partition coefficient (Wildman–Crippen LogP) is 4.18. The van der Waals surface area contributed by atoms with Crippen LogP contribution in [0, 0.1) is 21.7 Å². The van der Waals surface area contributed by atoms with Crippen molar-refractivity contribution in [3.63, 3.8) is 0 Å². The molecule has 0 aliphatic rings. The van der Waals surface area contributed by atoms with Gasteiger partial charge in [-0.25, -0.2) is 13.8 Å². The van der Waals surface area contributed by atoms with E-state index in [0.717, 1.165) is 23.5 Å². The van der Waals surface area contributed by atoms with Crippen LogP contribution in [0.2, 0.25) is 0 Å². The monoisotopic (exact) mass is 375 g/mol. The molecule has 0 aliphatic carbocycles. The molecule has 1 aromatic heterocycles. The van der Waals surface area contributed by atoms with Gasteiger partial charge in [0, 0.05) is 23.1 Å². The highest BCUT2D eigenvalue weighted by Gasteiger charge is 2.11. The van der Waals surface area contributed by atoms with Crippen molar-refractivity contribution in [3.05, 3.63) is 75.2 Å². The van der Waals surface area contributed by atoms with E-state index in [9.17, 15) is 23.7 Å². The maximum atomic E-state index is 13.3. The fraction of sp³-hybridized carbons (Fsp3) is 0.0588. The predicted molar refractivity (Wildman–Crippen MR) is 92.9 cm³/mol. The summed E-state index contributed by atoms with van der Waals surface area (Å²) in [6, 6.07) is 9.11. The number of carbonyl (C=O) groups is 1. The maximum Gasteiger partial charge on any atom is 0.269 e. The second-order valence-electron chi connectivity index (χ2n) is 5.32. The summed E-state index contributed by atoms with van der Waals surface area (Å²) < 4.78 is 26.3. The molecular weight excluding hydrogens is 364 g/mol. The van der Waals surface area contributed by atoms with Crippen molar-refractivity contribution in [2.75, 3.05) is 5.32 Å². The average molecular weight is 375 g/mol. The van der Waals surface area contributed by atoms with Crippen molar-refractivity contribution in [2.24, 2.45) is 0 Å². The van der Waals surface area contributed by atoms with Crippen molar-refractivity contribution in [2.45, 2.75) is 6.42 Å². The number of nitro benzene ring substituents is 1. The van der Waals surface area contributed by atoms with Crippen molar-refractivity contribution in [3.8, 4) is 11.3 Å². The first kappa shape index (κ1) is 17.6. The Labute approximate surface area is 150 Å². The molecule has 3 aromatic rings. The lowest BCUT2D eigenvalue weighted by atomic mass is 10.1. The van der Waals surface area contributed by atoms with Gasteiger partial charge in [-0.3, -0.25) is 14.9 Å². The summed E-state index contributed by atoms with van der Waals surface area (Å²) in [6.45, 7) is 0. The minimum atomic E-state index is -0.973. The molecule has 0 fully saturated rings. The molecule has 1 heterocycles. The smallest absolute Gasteiger partial charge is 0.269 e. The number of nitro groups is 1. The standard InChI is InChI=1S/C17H11F2N3O3S/c18-13-6-3-11(8-14(13)19)15-9-26-17(20-15)21-16(23)7-10-1-4-12(5-2-10)22(24)25/h1-6,8-9H,7H2,(H,20,21,23). The van der Waals surface area contributed by atoms with Crippen LogP contribution in [0.1, 0.15) is 5.56 Å². The van der Waals surface area contributed by atoms with E-state index >= 15 is 0 Å². The van der Waals surface area contributed by atoms with Crippen LogP contribution in [0.15, 0.2) is 47.8 Å². The van der Waals surface area contributed by atoms with Crippen molar-refractivity contribution >= 4 is 28.1 Å². The molecule has 0 saturated carbocycles. The van der Waals surface area contributed by atoms with Gasteiger partial charge < -0.3 is 5.32 Å². The van der Waals surface area contributed by atoms with E-state index in [1.807, 2.05) is 0 Å². The zero-order chi connectivity index (χ0) is 18.7. The van der Waals surface area contributed by atoms with Crippen LogP contribution in [-0.2, 0) is 11.2 Å². The number of nitrogens with one attached hydrogen (secondary N) is 1. The quantitative estimate of drug-likeness (QED) is 0.536. The lowest BCUT2D eigenvalue weighted by molar-refractivity contribution is -0.384. The molecule has 3 rings (SSSR count). The van der Waals surface area contributed by atoms with Crippen LogP contribution in [0.4, 0.5) is 19.6 Å². The summed E-state index contributed by atoms with van der Waals surface area (Å²) in [5, 5.41) is 15.2. The summed E-state index contributed by atoms with van der Waals surface area (Å²) in [6.07, 6.45) is 0.0259. The number of hydrogen-bond donors (Lipinski definition) is 1. The molecule has 9 heteroatoms. The largest absolute Gasteiger partial charge is 0.302 e. The third-order valence-corrected chi connectivity index (χ3v) is 4.24. The van der Waals surface area contributed by atoms with Gasteiger partial charge in [0.15, 0.2) is 16.8 Å². The molecule has 0 aliphatic heterocycles. The van der Waals surface area contributed by atoms with E-state index < -0.39 is 16.6 Å². The number of aromatic nitrogens is 1. The summed E-state index contributed by atoms with van der Waals surface area (Å²) >= 11 is 1.15. The Morgan fingerprint density at radius 1 is 1.15 bits per heavy atom. The van der Waals surface area contributed by atoms with E-state index in [-0.39, 0.29) is 18.0 Å². The lowest BCUT2D eigenvalue weighted by Crippen LogP contribution is -2.14. The Balaban J connectivity index is 1.65. The number of thiazole rings is 1. The van der Waals surface area contributed by atoms with Crippen LogP contribution in [0.5, 0.6) is 0 Å². The minimum Gasteiger partial charge on any atom is -0.302 e. The van der Waals surface area contributed by atoms with Gasteiger partial charge in [0.25, 0.3) is 5.69 Å². The first-order valence-corrected chi connectivity index (χ1v) is 8.24. The van der Waals surface area contributed by atoms with Gasteiger partial charge in [-0.2, -0.15) is 0 Å². The van der Waals surface area contributed by atoms with Crippen molar-refractivity contribution < 1.29 is 18.5 Å². The van der Waals surface area contributed by atoms with E-state index in [1.54, 1.807) is 5.38 Å². The minimum absolute atomic E-state index is 0.0259. The fourth-order valence-electron chi connectivity index (χ4n) is 2.20. The van der Waals surface area contributed by atoms with Gasteiger partial charge in [-0.15, -0.1) is 11.3 Å². The molecule has 6 nitrogen and oxygen atoms in total. The van der Waals surface area contributed by atoms with Gasteiger partial charge >= 0.3 is 0 Å².